The molecule has 0 bridgehead atoms. The van der Waals surface area contributed by atoms with Gasteiger partial charge in [0.1, 0.15) is 18.1 Å². The van der Waals surface area contributed by atoms with Gasteiger partial charge in [-0.25, -0.2) is 4.79 Å². The fourth-order valence-corrected chi connectivity index (χ4v) is 4.21. The number of aliphatic hydroxyl groups is 1. The van der Waals surface area contributed by atoms with E-state index in [1.165, 1.54) is 11.1 Å². The molecule has 0 spiro atoms. The van der Waals surface area contributed by atoms with E-state index in [0.29, 0.717) is 12.4 Å². The van der Waals surface area contributed by atoms with Gasteiger partial charge in [-0.2, -0.15) is 0 Å². The lowest BCUT2D eigenvalue weighted by atomic mass is 9.70. The lowest BCUT2D eigenvalue weighted by molar-refractivity contribution is -0.145. The molecule has 5 heteroatoms. The normalized spacial score (nSPS) is 12.9. The summed E-state index contributed by atoms with van der Waals surface area (Å²) < 4.78 is 16.6. The van der Waals surface area contributed by atoms with Crippen molar-refractivity contribution in [2.24, 2.45) is 5.41 Å². The van der Waals surface area contributed by atoms with Gasteiger partial charge in [0.05, 0.1) is 12.7 Å². The Morgan fingerprint density at radius 2 is 1.38 bits per heavy atom. The van der Waals surface area contributed by atoms with E-state index in [-0.39, 0.29) is 30.0 Å². The van der Waals surface area contributed by atoms with E-state index in [1.807, 2.05) is 39.8 Å². The Morgan fingerprint density at radius 1 is 0.882 bits per heavy atom. The summed E-state index contributed by atoms with van der Waals surface area (Å²) in [7, 11) is 0. The molecule has 1 atom stereocenters. The summed E-state index contributed by atoms with van der Waals surface area (Å²) in [6.07, 6.45) is 1.34. The predicted octanol–water partition coefficient (Wildman–Crippen LogP) is 6.14. The first-order chi connectivity index (χ1) is 16.0. The minimum atomic E-state index is -0.538. The monoisotopic (exact) mass is 470 g/mol. The average Bonchev–Trinajstić information content (AvgIpc) is 2.78. The van der Waals surface area contributed by atoms with Crippen LogP contribution < -0.4 is 9.47 Å². The number of esters is 1. The third-order valence-electron chi connectivity index (χ3n) is 6.71. The molecule has 1 N–H and O–H groups in total. The van der Waals surface area contributed by atoms with Crippen LogP contribution in [0.3, 0.4) is 0 Å². The van der Waals surface area contributed by atoms with E-state index in [4.69, 9.17) is 14.2 Å². The van der Waals surface area contributed by atoms with E-state index < -0.39 is 6.10 Å². The molecule has 0 heterocycles. The van der Waals surface area contributed by atoms with E-state index in [1.54, 1.807) is 6.92 Å². The summed E-state index contributed by atoms with van der Waals surface area (Å²) in [5.74, 6) is 1.12. The predicted molar refractivity (Wildman–Crippen MR) is 137 cm³/mol. The van der Waals surface area contributed by atoms with Gasteiger partial charge in [-0.15, -0.1) is 0 Å². The van der Waals surface area contributed by atoms with E-state index >= 15 is 0 Å². The Morgan fingerprint density at radius 3 is 1.79 bits per heavy atom. The summed E-state index contributed by atoms with van der Waals surface area (Å²) in [6.45, 7) is 16.8. The topological polar surface area (TPSA) is 65.0 Å². The zero-order valence-electron chi connectivity index (χ0n) is 22.2. The number of hydrogen-bond acceptors (Lipinski definition) is 5. The number of hydrogen-bond donors (Lipinski definition) is 1. The summed E-state index contributed by atoms with van der Waals surface area (Å²) in [6, 6.07) is 12.6. The quantitative estimate of drug-likeness (QED) is 0.400. The molecule has 2 rings (SSSR count). The molecule has 0 aliphatic rings. The van der Waals surface area contributed by atoms with Crippen LogP contribution in [-0.2, 0) is 14.9 Å². The van der Waals surface area contributed by atoms with Crippen LogP contribution in [0.2, 0.25) is 0 Å². The van der Waals surface area contributed by atoms with Crippen LogP contribution in [0.15, 0.2) is 36.4 Å². The van der Waals surface area contributed by atoms with Gasteiger partial charge >= 0.3 is 5.97 Å². The molecule has 0 aliphatic heterocycles. The number of ether oxygens (including phenoxy) is 3. The van der Waals surface area contributed by atoms with Crippen LogP contribution in [-0.4, -0.2) is 37.0 Å². The van der Waals surface area contributed by atoms with Crippen molar-refractivity contribution in [3.05, 3.63) is 58.7 Å². The Kier molecular flexibility index (Phi) is 9.57. The fourth-order valence-electron chi connectivity index (χ4n) is 4.21. The number of aliphatic hydroxyl groups excluding tert-OH is 1. The number of carbonyl (C=O) groups is 1. The molecule has 0 saturated heterocycles. The zero-order chi connectivity index (χ0) is 25.5. The molecule has 5 nitrogen and oxygen atoms in total. The second kappa shape index (κ2) is 11.7. The third-order valence-corrected chi connectivity index (χ3v) is 6.71. The molecule has 0 radical (unpaired) electrons. The van der Waals surface area contributed by atoms with Gasteiger partial charge < -0.3 is 19.3 Å². The molecule has 34 heavy (non-hydrogen) atoms. The summed E-state index contributed by atoms with van der Waals surface area (Å²) in [4.78, 5) is 11.7. The van der Waals surface area contributed by atoms with E-state index in [9.17, 15) is 9.90 Å². The van der Waals surface area contributed by atoms with Crippen LogP contribution in [0.5, 0.6) is 11.5 Å². The Labute approximate surface area is 205 Å². The molecule has 2 aromatic rings. The van der Waals surface area contributed by atoms with Crippen molar-refractivity contribution in [2.45, 2.75) is 79.8 Å². The van der Waals surface area contributed by atoms with Gasteiger partial charge in [-0.05, 0) is 73.4 Å². The lowest BCUT2D eigenvalue weighted by Gasteiger charge is -2.34. The van der Waals surface area contributed by atoms with E-state index in [0.717, 1.165) is 29.7 Å². The highest BCUT2D eigenvalue weighted by atomic mass is 16.6. The van der Waals surface area contributed by atoms with Crippen molar-refractivity contribution >= 4 is 5.97 Å². The van der Waals surface area contributed by atoms with Crippen LogP contribution in [0.1, 0.15) is 76.6 Å². The molecule has 0 aromatic heterocycles. The van der Waals surface area contributed by atoms with Crippen molar-refractivity contribution in [2.75, 3.05) is 19.8 Å². The minimum Gasteiger partial charge on any atom is -0.491 e. The van der Waals surface area contributed by atoms with Crippen LogP contribution in [0.25, 0.3) is 0 Å². The lowest BCUT2D eigenvalue weighted by Crippen LogP contribution is -2.32. The summed E-state index contributed by atoms with van der Waals surface area (Å²) in [5, 5.41) is 10.3. The maximum Gasteiger partial charge on any atom is 0.344 e. The highest BCUT2D eigenvalue weighted by Crippen LogP contribution is 2.41. The highest BCUT2D eigenvalue weighted by Gasteiger charge is 2.32. The SMILES string of the molecule is CCOC(=O)COc1ccc(C(CC)(CC)c2ccc(OC[C@H](O)C(C)(C)C)c(C)c2)cc1C. The van der Waals surface area contributed by atoms with Gasteiger partial charge in [-0.3, -0.25) is 0 Å². The maximum atomic E-state index is 11.7. The van der Waals surface area contributed by atoms with E-state index in [2.05, 4.69) is 45.0 Å². The summed E-state index contributed by atoms with van der Waals surface area (Å²) >= 11 is 0. The van der Waals surface area contributed by atoms with Gasteiger partial charge in [0.15, 0.2) is 6.61 Å². The second-order valence-corrected chi connectivity index (χ2v) is 10.0. The fraction of sp³-hybridized carbons (Fsp3) is 0.552. The van der Waals surface area contributed by atoms with Gasteiger partial charge in [-0.1, -0.05) is 58.9 Å². The van der Waals surface area contributed by atoms with Gasteiger partial charge in [0, 0.05) is 5.41 Å². The molecular weight excluding hydrogens is 428 g/mol. The van der Waals surface area contributed by atoms with Crippen molar-refractivity contribution in [3.63, 3.8) is 0 Å². The first kappa shape index (κ1) is 27.7. The standard InChI is InChI=1S/C29H42O5/c1-9-29(10-2,23-13-15-25(21(5)17-23)34-19-27(31)32-11-3)22-12-14-24(20(4)16-22)33-18-26(30)28(6,7)8/h12-17,26,30H,9-11,18-19H2,1-8H3/t26-/m0/s1. The molecule has 0 amide bonds. The molecule has 0 unspecified atom stereocenters. The van der Waals surface area contributed by atoms with Crippen molar-refractivity contribution in [1.82, 2.24) is 0 Å². The smallest absolute Gasteiger partial charge is 0.344 e. The first-order valence-corrected chi connectivity index (χ1v) is 12.3. The number of aryl methyl sites for hydroxylation is 2. The average molecular weight is 471 g/mol. The van der Waals surface area contributed by atoms with Crippen LogP contribution in [0, 0.1) is 19.3 Å². The molecule has 0 aliphatic carbocycles. The molecule has 0 fully saturated rings. The third kappa shape index (κ3) is 6.53. The van der Waals surface area contributed by atoms with Gasteiger partial charge in [0.2, 0.25) is 0 Å². The number of carbonyl (C=O) groups excluding carboxylic acids is 1. The molecule has 188 valence electrons. The number of rotatable bonds is 11. The van der Waals surface area contributed by atoms with Crippen molar-refractivity contribution < 1.29 is 24.1 Å². The summed E-state index contributed by atoms with van der Waals surface area (Å²) in [5.41, 5.74) is 4.11. The van der Waals surface area contributed by atoms with Crippen LogP contribution in [0.4, 0.5) is 0 Å². The highest BCUT2D eigenvalue weighted by molar-refractivity contribution is 5.71. The largest absolute Gasteiger partial charge is 0.491 e. The second-order valence-electron chi connectivity index (χ2n) is 10.0. The molecule has 0 saturated carbocycles. The Bertz CT molecular complexity index is 953. The number of benzene rings is 2. The Hall–Kier alpha value is -2.53. The molecule has 2 aromatic carbocycles. The molecular formula is C29H42O5. The first-order valence-electron chi connectivity index (χ1n) is 12.3. The van der Waals surface area contributed by atoms with Crippen molar-refractivity contribution in [1.29, 1.82) is 0 Å². The van der Waals surface area contributed by atoms with Crippen molar-refractivity contribution in [3.8, 4) is 11.5 Å². The van der Waals surface area contributed by atoms with Gasteiger partial charge in [0.25, 0.3) is 0 Å². The maximum absolute atomic E-state index is 11.7. The zero-order valence-corrected chi connectivity index (χ0v) is 22.2. The minimum absolute atomic E-state index is 0.0920. The Balaban J connectivity index is 2.29. The van der Waals surface area contributed by atoms with Crippen LogP contribution >= 0.6 is 0 Å².